The Labute approximate surface area is 162 Å². The minimum Gasteiger partial charge on any atom is -0.497 e. The predicted molar refractivity (Wildman–Crippen MR) is 102 cm³/mol. The van der Waals surface area contributed by atoms with Crippen LogP contribution in [0.15, 0.2) is 42.5 Å². The van der Waals surface area contributed by atoms with E-state index in [1.807, 2.05) is 42.5 Å². The maximum atomic E-state index is 12.2. The van der Waals surface area contributed by atoms with Crippen molar-refractivity contribution in [3.8, 4) is 34.4 Å². The van der Waals surface area contributed by atoms with Gasteiger partial charge in [0.05, 0.1) is 39.0 Å². The van der Waals surface area contributed by atoms with E-state index in [0.29, 0.717) is 11.5 Å². The van der Waals surface area contributed by atoms with Gasteiger partial charge >= 0.3 is 5.97 Å². The molecule has 0 saturated heterocycles. The van der Waals surface area contributed by atoms with Crippen molar-refractivity contribution in [1.29, 1.82) is 0 Å². The van der Waals surface area contributed by atoms with Gasteiger partial charge in [-0.15, -0.1) is 5.10 Å². The molecular weight excluding hydrogens is 360 g/mol. The van der Waals surface area contributed by atoms with E-state index in [1.165, 1.54) is 0 Å². The number of aromatic nitrogens is 2. The molecule has 4 rings (SSSR count). The SMILES string of the molecule is COc1ccc(-c2[nH]nc3c2C(c2cccc(OC)c2OC)CC(=O)O3)cc1. The van der Waals surface area contributed by atoms with Crippen molar-refractivity contribution in [1.82, 2.24) is 10.2 Å². The maximum absolute atomic E-state index is 12.2. The Hall–Kier alpha value is -3.48. The lowest BCUT2D eigenvalue weighted by Gasteiger charge is -2.24. The number of methoxy groups -OCH3 is 3. The molecule has 0 amide bonds. The fourth-order valence-corrected chi connectivity index (χ4v) is 3.58. The molecule has 1 aromatic heterocycles. The van der Waals surface area contributed by atoms with Gasteiger partial charge < -0.3 is 18.9 Å². The molecule has 0 bridgehead atoms. The molecule has 0 radical (unpaired) electrons. The average Bonchev–Trinajstić information content (AvgIpc) is 3.16. The first kappa shape index (κ1) is 17.9. The number of carbonyl (C=O) groups is 1. The van der Waals surface area contributed by atoms with E-state index in [0.717, 1.165) is 28.1 Å². The van der Waals surface area contributed by atoms with Crippen molar-refractivity contribution >= 4 is 5.97 Å². The summed E-state index contributed by atoms with van der Waals surface area (Å²) in [5, 5.41) is 7.24. The number of hydrogen-bond donors (Lipinski definition) is 1. The Kier molecular flexibility index (Phi) is 4.65. The second kappa shape index (κ2) is 7.26. The van der Waals surface area contributed by atoms with E-state index in [4.69, 9.17) is 18.9 Å². The minimum absolute atomic E-state index is 0.180. The summed E-state index contributed by atoms with van der Waals surface area (Å²) in [6.45, 7) is 0. The highest BCUT2D eigenvalue weighted by Crippen LogP contribution is 2.47. The van der Waals surface area contributed by atoms with Gasteiger partial charge in [-0.1, -0.05) is 12.1 Å². The molecule has 28 heavy (non-hydrogen) atoms. The number of para-hydroxylation sites is 1. The number of fused-ring (bicyclic) bond motifs is 1. The van der Waals surface area contributed by atoms with Crippen molar-refractivity contribution in [2.24, 2.45) is 0 Å². The highest BCUT2D eigenvalue weighted by atomic mass is 16.5. The van der Waals surface area contributed by atoms with Crippen molar-refractivity contribution in [2.45, 2.75) is 12.3 Å². The molecule has 1 unspecified atom stereocenters. The quantitative estimate of drug-likeness (QED) is 0.682. The zero-order chi connectivity index (χ0) is 19.7. The molecule has 3 aromatic rings. The highest BCUT2D eigenvalue weighted by Gasteiger charge is 2.36. The van der Waals surface area contributed by atoms with Crippen LogP contribution in [0, 0.1) is 0 Å². The summed E-state index contributed by atoms with van der Waals surface area (Å²) in [6.07, 6.45) is 0.180. The molecule has 0 aliphatic carbocycles. The fraction of sp³-hybridized carbons (Fsp3) is 0.238. The monoisotopic (exact) mass is 380 g/mol. The van der Waals surface area contributed by atoms with Crippen LogP contribution in [0.4, 0.5) is 0 Å². The lowest BCUT2D eigenvalue weighted by molar-refractivity contribution is -0.135. The maximum Gasteiger partial charge on any atom is 0.313 e. The lowest BCUT2D eigenvalue weighted by atomic mass is 9.85. The van der Waals surface area contributed by atoms with Crippen LogP contribution >= 0.6 is 0 Å². The van der Waals surface area contributed by atoms with Gasteiger partial charge in [-0.2, -0.15) is 0 Å². The number of H-pyrrole nitrogens is 1. The lowest BCUT2D eigenvalue weighted by Crippen LogP contribution is -2.21. The van der Waals surface area contributed by atoms with Crippen LogP contribution in [0.3, 0.4) is 0 Å². The third kappa shape index (κ3) is 2.94. The van der Waals surface area contributed by atoms with Gasteiger partial charge in [0.1, 0.15) is 5.75 Å². The highest BCUT2D eigenvalue weighted by molar-refractivity contribution is 5.81. The molecule has 0 saturated carbocycles. The molecular formula is C21H20N2O5. The van der Waals surface area contributed by atoms with Crippen LogP contribution in [0.25, 0.3) is 11.3 Å². The second-order valence-corrected chi connectivity index (χ2v) is 6.36. The van der Waals surface area contributed by atoms with Gasteiger partial charge in [0.15, 0.2) is 11.5 Å². The van der Waals surface area contributed by atoms with Crippen LogP contribution in [-0.2, 0) is 4.79 Å². The predicted octanol–water partition coefficient (Wildman–Crippen LogP) is 3.54. The third-order valence-electron chi connectivity index (χ3n) is 4.89. The van der Waals surface area contributed by atoms with Crippen LogP contribution in [0.1, 0.15) is 23.5 Å². The van der Waals surface area contributed by atoms with Gasteiger partial charge in [-0.05, 0) is 30.3 Å². The molecule has 0 fully saturated rings. The Morgan fingerprint density at radius 2 is 1.82 bits per heavy atom. The van der Waals surface area contributed by atoms with E-state index in [1.54, 1.807) is 21.3 Å². The standard InChI is InChI=1S/C21H20N2O5/c1-25-13-9-7-12(8-10-13)19-18-15(11-17(24)28-21(18)23-22-19)14-5-4-6-16(26-2)20(14)27-3/h4-10,15H,11H2,1-3H3,(H,22,23). The summed E-state index contributed by atoms with van der Waals surface area (Å²) >= 11 is 0. The first-order chi connectivity index (χ1) is 13.7. The third-order valence-corrected chi connectivity index (χ3v) is 4.89. The largest absolute Gasteiger partial charge is 0.497 e. The molecule has 1 aliphatic rings. The molecule has 1 N–H and O–H groups in total. The molecule has 2 aromatic carbocycles. The Morgan fingerprint density at radius 1 is 1.04 bits per heavy atom. The number of benzene rings is 2. The Bertz CT molecular complexity index is 1010. The van der Waals surface area contributed by atoms with Gasteiger partial charge in [0, 0.05) is 17.0 Å². The van der Waals surface area contributed by atoms with Gasteiger partial charge in [0.2, 0.25) is 5.88 Å². The van der Waals surface area contributed by atoms with Gasteiger partial charge in [0.25, 0.3) is 0 Å². The van der Waals surface area contributed by atoms with Crippen LogP contribution in [0.5, 0.6) is 23.1 Å². The van der Waals surface area contributed by atoms with Crippen molar-refractivity contribution in [3.05, 3.63) is 53.6 Å². The smallest absolute Gasteiger partial charge is 0.313 e. The van der Waals surface area contributed by atoms with Crippen molar-refractivity contribution < 1.29 is 23.7 Å². The van der Waals surface area contributed by atoms with E-state index in [-0.39, 0.29) is 24.2 Å². The summed E-state index contributed by atoms with van der Waals surface area (Å²) in [5.41, 5.74) is 3.37. The van der Waals surface area contributed by atoms with E-state index < -0.39 is 0 Å². The van der Waals surface area contributed by atoms with Crippen LogP contribution in [0.2, 0.25) is 0 Å². The zero-order valence-corrected chi connectivity index (χ0v) is 15.8. The summed E-state index contributed by atoms with van der Waals surface area (Å²) in [7, 11) is 4.80. The number of ether oxygens (including phenoxy) is 4. The number of aromatic amines is 1. The number of carbonyl (C=O) groups excluding carboxylic acids is 1. The Morgan fingerprint density at radius 3 is 2.50 bits per heavy atom. The number of nitrogens with zero attached hydrogens (tertiary/aromatic N) is 1. The molecule has 2 heterocycles. The van der Waals surface area contributed by atoms with Crippen molar-refractivity contribution in [3.63, 3.8) is 0 Å². The van der Waals surface area contributed by atoms with Crippen LogP contribution in [-0.4, -0.2) is 37.5 Å². The fourth-order valence-electron chi connectivity index (χ4n) is 3.58. The van der Waals surface area contributed by atoms with Crippen LogP contribution < -0.4 is 18.9 Å². The molecule has 1 aliphatic heterocycles. The molecule has 7 heteroatoms. The Balaban J connectivity index is 1.87. The molecule has 144 valence electrons. The normalized spacial score (nSPS) is 15.5. The minimum atomic E-state index is -0.338. The first-order valence-electron chi connectivity index (χ1n) is 8.80. The molecule has 1 atom stereocenters. The number of rotatable bonds is 5. The van der Waals surface area contributed by atoms with Gasteiger partial charge in [-0.3, -0.25) is 9.89 Å². The molecule has 0 spiro atoms. The summed E-state index contributed by atoms with van der Waals surface area (Å²) < 4.78 is 21.6. The van der Waals surface area contributed by atoms with E-state index >= 15 is 0 Å². The van der Waals surface area contributed by atoms with E-state index in [2.05, 4.69) is 10.2 Å². The second-order valence-electron chi connectivity index (χ2n) is 6.36. The molecule has 7 nitrogen and oxygen atoms in total. The number of hydrogen-bond acceptors (Lipinski definition) is 6. The summed E-state index contributed by atoms with van der Waals surface area (Å²) in [4.78, 5) is 12.2. The average molecular weight is 380 g/mol. The van der Waals surface area contributed by atoms with E-state index in [9.17, 15) is 4.79 Å². The topological polar surface area (TPSA) is 82.7 Å². The zero-order valence-electron chi connectivity index (χ0n) is 15.8. The number of esters is 1. The summed E-state index contributed by atoms with van der Waals surface area (Å²) in [5.74, 6) is 1.63. The number of nitrogens with one attached hydrogen (secondary N) is 1. The first-order valence-corrected chi connectivity index (χ1v) is 8.80. The summed E-state index contributed by atoms with van der Waals surface area (Å²) in [6, 6.07) is 13.2. The van der Waals surface area contributed by atoms with Gasteiger partial charge in [-0.25, -0.2) is 0 Å². The van der Waals surface area contributed by atoms with Crippen molar-refractivity contribution in [2.75, 3.05) is 21.3 Å².